The zero-order valence-electron chi connectivity index (χ0n) is 16.8. The van der Waals surface area contributed by atoms with Crippen molar-refractivity contribution in [3.05, 3.63) is 23.8 Å². The lowest BCUT2D eigenvalue weighted by molar-refractivity contribution is -0.119. The smallest absolute Gasteiger partial charge is 0.242 e. The number of hydrogen-bond donors (Lipinski definition) is 3. The van der Waals surface area contributed by atoms with Gasteiger partial charge in [-0.15, -0.1) is 0 Å². The Labute approximate surface area is 161 Å². The van der Waals surface area contributed by atoms with E-state index in [1.165, 1.54) is 0 Å². The molecule has 0 bridgehead atoms. The normalized spacial score (nSPS) is 15.0. The van der Waals surface area contributed by atoms with Crippen LogP contribution in [0.3, 0.4) is 0 Å². The van der Waals surface area contributed by atoms with E-state index in [2.05, 4.69) is 20.9 Å². The molecule has 1 unspecified atom stereocenters. The first-order valence-electron chi connectivity index (χ1n) is 9.81. The van der Waals surface area contributed by atoms with Crippen LogP contribution in [0, 0.1) is 0 Å². The monoisotopic (exact) mass is 376 g/mol. The highest BCUT2D eigenvalue weighted by Crippen LogP contribution is 2.30. The maximum Gasteiger partial charge on any atom is 0.242 e. The number of hydrogen-bond acceptors (Lipinski definition) is 4. The van der Waals surface area contributed by atoms with Crippen molar-refractivity contribution in [1.29, 1.82) is 0 Å². The minimum absolute atomic E-state index is 0.0100. The van der Waals surface area contributed by atoms with Gasteiger partial charge in [0, 0.05) is 12.6 Å². The number of guanidine groups is 1. The largest absolute Gasteiger partial charge is 0.490 e. The van der Waals surface area contributed by atoms with Crippen molar-refractivity contribution in [1.82, 2.24) is 16.0 Å². The predicted molar refractivity (Wildman–Crippen MR) is 107 cm³/mol. The second-order valence-corrected chi connectivity index (χ2v) is 6.48. The molecule has 7 nitrogen and oxygen atoms in total. The Bertz CT molecular complexity index is 644. The Morgan fingerprint density at radius 3 is 2.52 bits per heavy atom. The second-order valence-electron chi connectivity index (χ2n) is 6.48. The molecule has 1 aliphatic carbocycles. The number of nitrogens with one attached hydrogen (secondary N) is 3. The van der Waals surface area contributed by atoms with Crippen LogP contribution < -0.4 is 25.4 Å². The molecule has 1 aliphatic rings. The molecule has 27 heavy (non-hydrogen) atoms. The van der Waals surface area contributed by atoms with Gasteiger partial charge in [0.05, 0.1) is 19.3 Å². The quantitative estimate of drug-likeness (QED) is 0.431. The predicted octanol–water partition coefficient (Wildman–Crippen LogP) is 2.38. The van der Waals surface area contributed by atoms with Crippen LogP contribution in [0.2, 0.25) is 0 Å². The fourth-order valence-corrected chi connectivity index (χ4v) is 2.60. The summed E-state index contributed by atoms with van der Waals surface area (Å²) in [6.45, 7) is 9.94. The third-order valence-electron chi connectivity index (χ3n) is 4.09. The van der Waals surface area contributed by atoms with Gasteiger partial charge >= 0.3 is 0 Å². The Morgan fingerprint density at radius 1 is 1.19 bits per heavy atom. The molecule has 0 aliphatic heterocycles. The SMILES string of the molecule is CCNC(=NCC(=O)NC1CC1)NC(C)c1ccc(OCC)c(OCC)c1. The molecule has 2 rings (SSSR count). The summed E-state index contributed by atoms with van der Waals surface area (Å²) in [4.78, 5) is 16.3. The highest BCUT2D eigenvalue weighted by atomic mass is 16.5. The summed E-state index contributed by atoms with van der Waals surface area (Å²) in [7, 11) is 0. The van der Waals surface area contributed by atoms with E-state index in [9.17, 15) is 4.79 Å². The summed E-state index contributed by atoms with van der Waals surface area (Å²) < 4.78 is 11.3. The van der Waals surface area contributed by atoms with Crippen molar-refractivity contribution < 1.29 is 14.3 Å². The van der Waals surface area contributed by atoms with E-state index < -0.39 is 0 Å². The average Bonchev–Trinajstić information content (AvgIpc) is 3.45. The molecule has 1 atom stereocenters. The van der Waals surface area contributed by atoms with E-state index in [4.69, 9.17) is 9.47 Å². The number of nitrogens with zero attached hydrogens (tertiary/aromatic N) is 1. The van der Waals surface area contributed by atoms with Gasteiger partial charge in [0.2, 0.25) is 5.91 Å². The summed E-state index contributed by atoms with van der Waals surface area (Å²) >= 11 is 0. The standard InChI is InChI=1S/C20H32N4O3/c1-5-21-20(22-13-19(25)24-16-9-10-16)23-14(4)15-8-11-17(26-6-2)18(12-15)27-7-3/h8,11-12,14,16H,5-7,9-10,13H2,1-4H3,(H,24,25)(H2,21,22,23). The molecule has 1 aromatic rings. The number of benzene rings is 1. The maximum atomic E-state index is 11.9. The number of carbonyl (C=O) groups is 1. The number of ether oxygens (including phenoxy) is 2. The third kappa shape index (κ3) is 7.00. The summed E-state index contributed by atoms with van der Waals surface area (Å²) in [5, 5.41) is 9.47. The molecular formula is C20H32N4O3. The summed E-state index contributed by atoms with van der Waals surface area (Å²) in [6.07, 6.45) is 2.15. The van der Waals surface area contributed by atoms with E-state index >= 15 is 0 Å². The van der Waals surface area contributed by atoms with Crippen LogP contribution in [0.25, 0.3) is 0 Å². The first-order valence-corrected chi connectivity index (χ1v) is 9.81. The van der Waals surface area contributed by atoms with Gasteiger partial charge in [0.1, 0.15) is 6.54 Å². The molecule has 1 aromatic carbocycles. The molecule has 3 N–H and O–H groups in total. The first-order chi connectivity index (χ1) is 13.1. The molecule has 0 spiro atoms. The minimum Gasteiger partial charge on any atom is -0.490 e. The molecule has 1 fully saturated rings. The van der Waals surface area contributed by atoms with Gasteiger partial charge in [0.15, 0.2) is 17.5 Å². The lowest BCUT2D eigenvalue weighted by Gasteiger charge is -2.20. The highest BCUT2D eigenvalue weighted by molar-refractivity contribution is 5.85. The van der Waals surface area contributed by atoms with Crippen molar-refractivity contribution in [2.75, 3.05) is 26.3 Å². The summed E-state index contributed by atoms with van der Waals surface area (Å²) in [6, 6.07) is 6.26. The zero-order chi connectivity index (χ0) is 19.6. The van der Waals surface area contributed by atoms with Crippen LogP contribution in [0.15, 0.2) is 23.2 Å². The van der Waals surface area contributed by atoms with Crippen LogP contribution in [-0.2, 0) is 4.79 Å². The Morgan fingerprint density at radius 2 is 1.89 bits per heavy atom. The Kier molecular flexibility index (Phi) is 8.23. The second kappa shape index (κ2) is 10.6. The molecule has 7 heteroatoms. The van der Waals surface area contributed by atoms with Gasteiger partial charge in [-0.05, 0) is 58.2 Å². The van der Waals surface area contributed by atoms with E-state index in [0.717, 1.165) is 36.4 Å². The van der Waals surface area contributed by atoms with Crippen LogP contribution >= 0.6 is 0 Å². The van der Waals surface area contributed by atoms with Crippen molar-refractivity contribution in [2.45, 2.75) is 52.6 Å². The Balaban J connectivity index is 2.03. The average molecular weight is 377 g/mol. The van der Waals surface area contributed by atoms with E-state index in [1.807, 2.05) is 45.9 Å². The van der Waals surface area contributed by atoms with Gasteiger partial charge in [-0.3, -0.25) is 4.79 Å². The molecule has 0 saturated heterocycles. The molecule has 1 saturated carbocycles. The van der Waals surface area contributed by atoms with Gasteiger partial charge in [-0.25, -0.2) is 4.99 Å². The summed E-state index contributed by atoms with van der Waals surface area (Å²) in [5.41, 5.74) is 1.05. The molecule has 0 heterocycles. The summed E-state index contributed by atoms with van der Waals surface area (Å²) in [5.74, 6) is 2.05. The van der Waals surface area contributed by atoms with Crippen LogP contribution in [0.1, 0.15) is 52.1 Å². The lowest BCUT2D eigenvalue weighted by Crippen LogP contribution is -2.40. The van der Waals surface area contributed by atoms with Gasteiger partial charge in [-0.2, -0.15) is 0 Å². The minimum atomic E-state index is -0.0398. The molecule has 0 radical (unpaired) electrons. The topological polar surface area (TPSA) is 84.0 Å². The third-order valence-corrected chi connectivity index (χ3v) is 4.09. The van der Waals surface area contributed by atoms with E-state index in [0.29, 0.717) is 25.2 Å². The molecule has 1 amide bonds. The molecular weight excluding hydrogens is 344 g/mol. The van der Waals surface area contributed by atoms with Crippen LogP contribution in [0.5, 0.6) is 11.5 Å². The van der Waals surface area contributed by atoms with Gasteiger partial charge in [-0.1, -0.05) is 6.07 Å². The molecule has 150 valence electrons. The van der Waals surface area contributed by atoms with Crippen molar-refractivity contribution in [2.24, 2.45) is 4.99 Å². The van der Waals surface area contributed by atoms with Crippen LogP contribution in [-0.4, -0.2) is 44.2 Å². The zero-order valence-corrected chi connectivity index (χ0v) is 16.8. The lowest BCUT2D eigenvalue weighted by atomic mass is 10.1. The van der Waals surface area contributed by atoms with Gasteiger partial charge < -0.3 is 25.4 Å². The first kappa shape index (κ1) is 20.9. The number of carbonyl (C=O) groups excluding carboxylic acids is 1. The maximum absolute atomic E-state index is 11.9. The fourth-order valence-electron chi connectivity index (χ4n) is 2.60. The van der Waals surface area contributed by atoms with Crippen molar-refractivity contribution >= 4 is 11.9 Å². The Hall–Kier alpha value is -2.44. The van der Waals surface area contributed by atoms with E-state index in [1.54, 1.807) is 0 Å². The van der Waals surface area contributed by atoms with E-state index in [-0.39, 0.29) is 18.5 Å². The number of amides is 1. The number of rotatable bonds is 10. The molecule has 0 aromatic heterocycles. The van der Waals surface area contributed by atoms with Crippen LogP contribution in [0.4, 0.5) is 0 Å². The number of aliphatic imine (C=N–C) groups is 1. The fraction of sp³-hybridized carbons (Fsp3) is 0.600. The van der Waals surface area contributed by atoms with Gasteiger partial charge in [0.25, 0.3) is 0 Å². The highest BCUT2D eigenvalue weighted by Gasteiger charge is 2.23. The van der Waals surface area contributed by atoms with Crippen molar-refractivity contribution in [3.8, 4) is 11.5 Å². The van der Waals surface area contributed by atoms with Crippen molar-refractivity contribution in [3.63, 3.8) is 0 Å².